The van der Waals surface area contributed by atoms with Gasteiger partial charge in [-0.2, -0.15) is 0 Å². The molecule has 1 atom stereocenters. The molecule has 3 heterocycles. The van der Waals surface area contributed by atoms with E-state index in [9.17, 15) is 0 Å². The maximum atomic E-state index is 4.61. The molecule has 0 radical (unpaired) electrons. The Kier molecular flexibility index (Phi) is 4.40. The summed E-state index contributed by atoms with van der Waals surface area (Å²) in [6, 6.07) is 6.42. The van der Waals surface area contributed by atoms with Crippen LogP contribution in [0.25, 0.3) is 11.3 Å². The van der Waals surface area contributed by atoms with Crippen molar-refractivity contribution >= 4 is 5.82 Å². The summed E-state index contributed by atoms with van der Waals surface area (Å²) in [5.41, 5.74) is 1.96. The second kappa shape index (κ2) is 6.63. The lowest BCUT2D eigenvalue weighted by atomic mass is 10.1. The smallest absolute Gasteiger partial charge is 0.131 e. The van der Waals surface area contributed by atoms with Crippen molar-refractivity contribution in [3.05, 3.63) is 36.4 Å². The van der Waals surface area contributed by atoms with Gasteiger partial charge in [0.2, 0.25) is 0 Å². The monoisotopic (exact) mass is 283 g/mol. The standard InChI is InChI=1S/C16H21N5/c1-2-15-20-14(12-5-3-7-17-10-12)9-16(21-15)19-13-6-4-8-18-11-13/h3,5,7,9-10,13,18H,2,4,6,8,11H2,1H3,(H,19,20,21). The highest BCUT2D eigenvalue weighted by Gasteiger charge is 2.14. The Balaban J connectivity index is 1.86. The van der Waals surface area contributed by atoms with Crippen molar-refractivity contribution in [1.29, 1.82) is 0 Å². The van der Waals surface area contributed by atoms with Crippen molar-refractivity contribution in [3.63, 3.8) is 0 Å². The number of piperidine rings is 1. The Morgan fingerprint density at radius 1 is 1.38 bits per heavy atom. The summed E-state index contributed by atoms with van der Waals surface area (Å²) in [7, 11) is 0. The van der Waals surface area contributed by atoms with Crippen molar-refractivity contribution in [1.82, 2.24) is 20.3 Å². The number of aromatic nitrogens is 3. The van der Waals surface area contributed by atoms with Crippen molar-refractivity contribution in [2.45, 2.75) is 32.2 Å². The Hall–Kier alpha value is -2.01. The number of pyridine rings is 1. The first-order valence-electron chi connectivity index (χ1n) is 7.61. The summed E-state index contributed by atoms with van der Waals surface area (Å²) >= 11 is 0. The number of hydrogen-bond acceptors (Lipinski definition) is 5. The highest BCUT2D eigenvalue weighted by atomic mass is 15.1. The average molecular weight is 283 g/mol. The molecule has 0 spiro atoms. The molecule has 1 fully saturated rings. The molecule has 2 aromatic rings. The molecular weight excluding hydrogens is 262 g/mol. The summed E-state index contributed by atoms with van der Waals surface area (Å²) < 4.78 is 0. The minimum absolute atomic E-state index is 0.445. The van der Waals surface area contributed by atoms with Gasteiger partial charge < -0.3 is 10.6 Å². The first-order valence-corrected chi connectivity index (χ1v) is 7.61. The zero-order chi connectivity index (χ0) is 14.5. The van der Waals surface area contributed by atoms with Gasteiger partial charge in [0.15, 0.2) is 0 Å². The third-order valence-corrected chi connectivity index (χ3v) is 3.69. The molecule has 1 aliphatic heterocycles. The number of nitrogens with one attached hydrogen (secondary N) is 2. The predicted molar refractivity (Wildman–Crippen MR) is 84.2 cm³/mol. The lowest BCUT2D eigenvalue weighted by Crippen LogP contribution is -2.38. The van der Waals surface area contributed by atoms with Gasteiger partial charge in [-0.05, 0) is 31.5 Å². The Bertz CT molecular complexity index is 578. The Morgan fingerprint density at radius 3 is 3.05 bits per heavy atom. The normalized spacial score (nSPS) is 18.4. The van der Waals surface area contributed by atoms with Crippen LogP contribution in [0.3, 0.4) is 0 Å². The van der Waals surface area contributed by atoms with Gasteiger partial charge in [-0.15, -0.1) is 0 Å². The van der Waals surface area contributed by atoms with Crippen LogP contribution >= 0.6 is 0 Å². The van der Waals surface area contributed by atoms with Gasteiger partial charge in [-0.1, -0.05) is 6.92 Å². The van der Waals surface area contributed by atoms with E-state index in [2.05, 4.69) is 32.5 Å². The second-order valence-corrected chi connectivity index (χ2v) is 5.34. The molecule has 21 heavy (non-hydrogen) atoms. The largest absolute Gasteiger partial charge is 0.366 e. The molecule has 0 aromatic carbocycles. The van der Waals surface area contributed by atoms with Crippen LogP contribution in [0.2, 0.25) is 0 Å². The van der Waals surface area contributed by atoms with Gasteiger partial charge in [0.1, 0.15) is 11.6 Å². The van der Waals surface area contributed by atoms with E-state index in [1.165, 1.54) is 12.8 Å². The van der Waals surface area contributed by atoms with Gasteiger partial charge in [0.25, 0.3) is 0 Å². The third-order valence-electron chi connectivity index (χ3n) is 3.69. The maximum Gasteiger partial charge on any atom is 0.131 e. The van der Waals surface area contributed by atoms with Crippen LogP contribution in [-0.4, -0.2) is 34.1 Å². The van der Waals surface area contributed by atoms with Crippen LogP contribution in [0.5, 0.6) is 0 Å². The van der Waals surface area contributed by atoms with Crippen molar-refractivity contribution < 1.29 is 0 Å². The summed E-state index contributed by atoms with van der Waals surface area (Å²) in [6.07, 6.45) is 6.83. The quantitative estimate of drug-likeness (QED) is 0.901. The van der Waals surface area contributed by atoms with Crippen LogP contribution < -0.4 is 10.6 Å². The zero-order valence-electron chi connectivity index (χ0n) is 12.3. The van der Waals surface area contributed by atoms with E-state index >= 15 is 0 Å². The van der Waals surface area contributed by atoms with E-state index in [1.54, 1.807) is 6.20 Å². The van der Waals surface area contributed by atoms with E-state index in [0.29, 0.717) is 6.04 Å². The molecule has 1 aliphatic rings. The highest BCUT2D eigenvalue weighted by molar-refractivity contribution is 5.61. The molecular formula is C16H21N5. The molecule has 110 valence electrons. The minimum Gasteiger partial charge on any atom is -0.366 e. The lowest BCUT2D eigenvalue weighted by Gasteiger charge is -2.24. The summed E-state index contributed by atoms with van der Waals surface area (Å²) in [5, 5.41) is 6.95. The molecule has 0 saturated carbocycles. The van der Waals surface area contributed by atoms with Crippen molar-refractivity contribution in [2.24, 2.45) is 0 Å². The van der Waals surface area contributed by atoms with Gasteiger partial charge in [-0.25, -0.2) is 9.97 Å². The van der Waals surface area contributed by atoms with E-state index in [1.807, 2.05) is 24.4 Å². The molecule has 1 saturated heterocycles. The van der Waals surface area contributed by atoms with Gasteiger partial charge in [-0.3, -0.25) is 4.98 Å². The number of anilines is 1. The highest BCUT2D eigenvalue weighted by Crippen LogP contribution is 2.20. The average Bonchev–Trinajstić information content (AvgIpc) is 2.56. The lowest BCUT2D eigenvalue weighted by molar-refractivity contribution is 0.479. The number of nitrogens with zero attached hydrogens (tertiary/aromatic N) is 3. The first-order chi connectivity index (χ1) is 10.3. The number of hydrogen-bond donors (Lipinski definition) is 2. The van der Waals surface area contributed by atoms with Crippen molar-refractivity contribution in [3.8, 4) is 11.3 Å². The van der Waals surface area contributed by atoms with Gasteiger partial charge in [0.05, 0.1) is 5.69 Å². The second-order valence-electron chi connectivity index (χ2n) is 5.34. The molecule has 0 amide bonds. The Labute approximate surface area is 125 Å². The minimum atomic E-state index is 0.445. The van der Waals surface area contributed by atoms with Crippen molar-refractivity contribution in [2.75, 3.05) is 18.4 Å². The molecule has 0 bridgehead atoms. The molecule has 5 nitrogen and oxygen atoms in total. The molecule has 5 heteroatoms. The first kappa shape index (κ1) is 13.9. The topological polar surface area (TPSA) is 62.7 Å². The fourth-order valence-corrected chi connectivity index (χ4v) is 2.58. The van der Waals surface area contributed by atoms with Crippen LogP contribution in [0.15, 0.2) is 30.6 Å². The van der Waals surface area contributed by atoms with Gasteiger partial charge in [0, 0.05) is 43.0 Å². The van der Waals surface area contributed by atoms with E-state index in [4.69, 9.17) is 0 Å². The third kappa shape index (κ3) is 3.55. The predicted octanol–water partition coefficient (Wildman–Crippen LogP) is 2.26. The number of rotatable bonds is 4. The molecule has 3 rings (SSSR count). The summed E-state index contributed by atoms with van der Waals surface area (Å²) in [6.45, 7) is 4.19. The Morgan fingerprint density at radius 2 is 2.33 bits per heavy atom. The SMILES string of the molecule is CCc1nc(NC2CCCNC2)cc(-c2cccnc2)n1. The van der Waals surface area contributed by atoms with Crippen LogP contribution in [-0.2, 0) is 6.42 Å². The van der Waals surface area contributed by atoms with Crippen LogP contribution in [0, 0.1) is 0 Å². The van der Waals surface area contributed by atoms with Crippen LogP contribution in [0.1, 0.15) is 25.6 Å². The van der Waals surface area contributed by atoms with E-state index in [-0.39, 0.29) is 0 Å². The van der Waals surface area contributed by atoms with E-state index in [0.717, 1.165) is 42.4 Å². The summed E-state index contributed by atoms with van der Waals surface area (Å²) in [5.74, 6) is 1.78. The van der Waals surface area contributed by atoms with Crippen LogP contribution in [0.4, 0.5) is 5.82 Å². The molecule has 0 aliphatic carbocycles. The fourth-order valence-electron chi connectivity index (χ4n) is 2.58. The van der Waals surface area contributed by atoms with Gasteiger partial charge >= 0.3 is 0 Å². The number of aryl methyl sites for hydroxylation is 1. The molecule has 2 N–H and O–H groups in total. The van der Waals surface area contributed by atoms with E-state index < -0.39 is 0 Å². The molecule has 2 aromatic heterocycles. The molecule has 1 unspecified atom stereocenters. The summed E-state index contributed by atoms with van der Waals surface area (Å²) in [4.78, 5) is 13.4. The zero-order valence-corrected chi connectivity index (χ0v) is 12.3. The maximum absolute atomic E-state index is 4.61. The fraction of sp³-hybridized carbons (Fsp3) is 0.438.